The third-order valence-corrected chi connectivity index (χ3v) is 3.78. The highest BCUT2D eigenvalue weighted by molar-refractivity contribution is 5.92. The van der Waals surface area contributed by atoms with Crippen LogP contribution >= 0.6 is 0 Å². The molecule has 0 aromatic heterocycles. The van der Waals surface area contributed by atoms with E-state index in [1.807, 2.05) is 13.8 Å². The number of hydrogen-bond donors (Lipinski definition) is 0. The van der Waals surface area contributed by atoms with E-state index in [4.69, 9.17) is 4.74 Å². The number of rotatable bonds is 4. The van der Waals surface area contributed by atoms with Crippen LogP contribution < -0.4 is 4.74 Å². The smallest absolute Gasteiger partial charge is 0.310 e. The second-order valence-corrected chi connectivity index (χ2v) is 4.73. The topological polar surface area (TPSA) is 69.4 Å². The lowest BCUT2D eigenvalue weighted by molar-refractivity contribution is -0.386. The molecule has 1 fully saturated rings. The van der Waals surface area contributed by atoms with Crippen molar-refractivity contribution in [2.75, 3.05) is 0 Å². The van der Waals surface area contributed by atoms with Crippen LogP contribution in [0.4, 0.5) is 5.69 Å². The standard InChI is InChI=1S/C13H15NO4/c1-3-13(2)11(15)8-12(13)18-10-7-5-4-6-9(10)14(16)17/h4-7,12H,3,8H2,1-2H3. The van der Waals surface area contributed by atoms with E-state index in [0.717, 1.165) is 0 Å². The van der Waals surface area contributed by atoms with Crippen LogP contribution in [-0.2, 0) is 4.79 Å². The molecule has 0 heterocycles. The second kappa shape index (κ2) is 4.40. The van der Waals surface area contributed by atoms with Gasteiger partial charge in [0.05, 0.1) is 10.3 Å². The highest BCUT2D eigenvalue weighted by atomic mass is 16.6. The first-order valence-corrected chi connectivity index (χ1v) is 5.92. The lowest BCUT2D eigenvalue weighted by atomic mass is 9.64. The molecule has 0 amide bonds. The Morgan fingerprint density at radius 1 is 1.50 bits per heavy atom. The summed E-state index contributed by atoms with van der Waals surface area (Å²) in [6.45, 7) is 3.77. The van der Waals surface area contributed by atoms with Crippen molar-refractivity contribution in [3.63, 3.8) is 0 Å². The molecule has 96 valence electrons. The van der Waals surface area contributed by atoms with E-state index in [-0.39, 0.29) is 23.3 Å². The van der Waals surface area contributed by atoms with Gasteiger partial charge in [0.2, 0.25) is 0 Å². The molecule has 18 heavy (non-hydrogen) atoms. The normalized spacial score (nSPS) is 26.6. The number of para-hydroxylation sites is 2. The maximum atomic E-state index is 11.6. The van der Waals surface area contributed by atoms with Crippen molar-refractivity contribution >= 4 is 11.5 Å². The summed E-state index contributed by atoms with van der Waals surface area (Å²) >= 11 is 0. The van der Waals surface area contributed by atoms with Gasteiger partial charge in [0.25, 0.3) is 0 Å². The molecule has 0 spiro atoms. The predicted octanol–water partition coefficient (Wildman–Crippen LogP) is 2.73. The average molecular weight is 249 g/mol. The fourth-order valence-electron chi connectivity index (χ4n) is 2.13. The van der Waals surface area contributed by atoms with Crippen LogP contribution in [-0.4, -0.2) is 16.8 Å². The molecule has 1 aliphatic carbocycles. The summed E-state index contributed by atoms with van der Waals surface area (Å²) in [6, 6.07) is 6.25. The summed E-state index contributed by atoms with van der Waals surface area (Å²) < 4.78 is 5.66. The number of hydrogen-bond acceptors (Lipinski definition) is 4. The molecule has 1 aromatic carbocycles. The van der Waals surface area contributed by atoms with Crippen LogP contribution in [0.1, 0.15) is 26.7 Å². The number of nitrogens with zero attached hydrogens (tertiary/aromatic N) is 1. The summed E-state index contributed by atoms with van der Waals surface area (Å²) in [5, 5.41) is 10.9. The van der Waals surface area contributed by atoms with E-state index in [0.29, 0.717) is 12.8 Å². The Hall–Kier alpha value is -1.91. The van der Waals surface area contributed by atoms with Crippen molar-refractivity contribution in [3.8, 4) is 5.75 Å². The Balaban J connectivity index is 2.21. The van der Waals surface area contributed by atoms with Crippen LogP contribution in [0.5, 0.6) is 5.75 Å². The monoisotopic (exact) mass is 249 g/mol. The molecule has 1 saturated carbocycles. The number of ether oxygens (including phenoxy) is 1. The molecule has 0 aliphatic heterocycles. The minimum absolute atomic E-state index is 0.0599. The molecular formula is C13H15NO4. The number of Topliss-reactive ketones (excluding diaryl/α,β-unsaturated/α-hetero) is 1. The number of benzene rings is 1. The van der Waals surface area contributed by atoms with Crippen LogP contribution in [0.2, 0.25) is 0 Å². The Bertz CT molecular complexity index is 500. The van der Waals surface area contributed by atoms with Crippen LogP contribution in [0.25, 0.3) is 0 Å². The third kappa shape index (κ3) is 1.85. The highest BCUT2D eigenvalue weighted by Gasteiger charge is 2.52. The number of ketones is 1. The van der Waals surface area contributed by atoms with Gasteiger partial charge in [0, 0.05) is 12.5 Å². The molecule has 2 unspecified atom stereocenters. The van der Waals surface area contributed by atoms with Gasteiger partial charge in [-0.25, -0.2) is 0 Å². The van der Waals surface area contributed by atoms with Crippen LogP contribution in [0, 0.1) is 15.5 Å². The average Bonchev–Trinajstić information content (AvgIpc) is 2.37. The molecule has 5 heteroatoms. The van der Waals surface area contributed by atoms with Gasteiger partial charge in [-0.3, -0.25) is 14.9 Å². The number of nitro benzene ring substituents is 1. The first-order valence-electron chi connectivity index (χ1n) is 5.92. The van der Waals surface area contributed by atoms with Crippen molar-refractivity contribution in [1.29, 1.82) is 0 Å². The molecule has 0 radical (unpaired) electrons. The molecule has 2 atom stereocenters. The quantitative estimate of drug-likeness (QED) is 0.607. The van der Waals surface area contributed by atoms with Gasteiger partial charge in [-0.2, -0.15) is 0 Å². The molecule has 2 rings (SSSR count). The maximum Gasteiger partial charge on any atom is 0.310 e. The Kier molecular flexibility index (Phi) is 3.07. The Morgan fingerprint density at radius 3 is 2.72 bits per heavy atom. The van der Waals surface area contributed by atoms with E-state index in [2.05, 4.69) is 0 Å². The fourth-order valence-corrected chi connectivity index (χ4v) is 2.13. The molecule has 5 nitrogen and oxygen atoms in total. The summed E-state index contributed by atoms with van der Waals surface area (Å²) in [4.78, 5) is 22.0. The first-order chi connectivity index (χ1) is 8.49. The highest BCUT2D eigenvalue weighted by Crippen LogP contribution is 2.43. The van der Waals surface area contributed by atoms with Gasteiger partial charge >= 0.3 is 5.69 Å². The van der Waals surface area contributed by atoms with Crippen molar-refractivity contribution in [1.82, 2.24) is 0 Å². The van der Waals surface area contributed by atoms with E-state index >= 15 is 0 Å². The van der Waals surface area contributed by atoms with Gasteiger partial charge in [-0.15, -0.1) is 0 Å². The molecule has 0 N–H and O–H groups in total. The minimum Gasteiger partial charge on any atom is -0.482 e. The van der Waals surface area contributed by atoms with Crippen molar-refractivity contribution in [2.24, 2.45) is 5.41 Å². The van der Waals surface area contributed by atoms with E-state index in [1.165, 1.54) is 6.07 Å². The minimum atomic E-state index is -0.510. The van der Waals surface area contributed by atoms with Crippen LogP contribution in [0.3, 0.4) is 0 Å². The lowest BCUT2D eigenvalue weighted by Gasteiger charge is -2.43. The SMILES string of the molecule is CCC1(C)C(=O)CC1Oc1ccccc1[N+](=O)[O-]. The van der Waals surface area contributed by atoms with E-state index < -0.39 is 10.3 Å². The number of carbonyl (C=O) groups is 1. The summed E-state index contributed by atoms with van der Waals surface area (Å²) in [6.07, 6.45) is 0.740. The first kappa shape index (κ1) is 12.5. The second-order valence-electron chi connectivity index (χ2n) is 4.73. The molecule has 0 saturated heterocycles. The van der Waals surface area contributed by atoms with Crippen molar-refractivity contribution < 1.29 is 14.5 Å². The zero-order valence-electron chi connectivity index (χ0n) is 10.4. The fraction of sp³-hybridized carbons (Fsp3) is 0.462. The maximum absolute atomic E-state index is 11.6. The third-order valence-electron chi connectivity index (χ3n) is 3.78. The van der Waals surface area contributed by atoms with E-state index in [1.54, 1.807) is 18.2 Å². The van der Waals surface area contributed by atoms with Gasteiger partial charge in [-0.1, -0.05) is 19.1 Å². The molecular weight excluding hydrogens is 234 g/mol. The zero-order chi connectivity index (χ0) is 13.3. The molecule has 1 aliphatic rings. The van der Waals surface area contributed by atoms with Gasteiger partial charge in [0.15, 0.2) is 5.75 Å². The van der Waals surface area contributed by atoms with Crippen molar-refractivity contribution in [2.45, 2.75) is 32.8 Å². The number of nitro groups is 1. The van der Waals surface area contributed by atoms with Crippen LogP contribution in [0.15, 0.2) is 24.3 Å². The van der Waals surface area contributed by atoms with E-state index in [9.17, 15) is 14.9 Å². The van der Waals surface area contributed by atoms with Gasteiger partial charge < -0.3 is 4.74 Å². The number of carbonyl (C=O) groups excluding carboxylic acids is 1. The summed E-state index contributed by atoms with van der Waals surface area (Å²) in [5.41, 5.74) is -0.570. The zero-order valence-corrected chi connectivity index (χ0v) is 10.4. The summed E-state index contributed by atoms with van der Waals surface area (Å²) in [5.74, 6) is 0.397. The van der Waals surface area contributed by atoms with Gasteiger partial charge in [0.1, 0.15) is 11.9 Å². The Morgan fingerprint density at radius 2 is 2.17 bits per heavy atom. The lowest BCUT2D eigenvalue weighted by Crippen LogP contribution is -2.54. The Labute approximate surface area is 105 Å². The van der Waals surface area contributed by atoms with Crippen molar-refractivity contribution in [3.05, 3.63) is 34.4 Å². The van der Waals surface area contributed by atoms with Gasteiger partial charge in [-0.05, 0) is 19.4 Å². The molecule has 0 bridgehead atoms. The largest absolute Gasteiger partial charge is 0.482 e. The summed E-state index contributed by atoms with van der Waals surface area (Å²) in [7, 11) is 0. The predicted molar refractivity (Wildman–Crippen MR) is 65.5 cm³/mol. The molecule has 1 aromatic rings.